The third-order valence-corrected chi connectivity index (χ3v) is 5.51. The van der Waals surface area contributed by atoms with Crippen LogP contribution in [0.25, 0.3) is 16.9 Å². The van der Waals surface area contributed by atoms with Gasteiger partial charge < -0.3 is 9.47 Å². The summed E-state index contributed by atoms with van der Waals surface area (Å²) in [7, 11) is 1.63. The number of piperidine rings is 1. The van der Waals surface area contributed by atoms with Gasteiger partial charge in [-0.1, -0.05) is 6.92 Å². The first-order chi connectivity index (χ1) is 12.5. The molecule has 0 aromatic carbocycles. The number of hydrogen-bond donors (Lipinski definition) is 1. The van der Waals surface area contributed by atoms with Crippen LogP contribution in [-0.2, 0) is 13.6 Å². The van der Waals surface area contributed by atoms with E-state index in [-0.39, 0.29) is 0 Å². The fourth-order valence-corrected chi connectivity index (χ4v) is 4.14. The van der Waals surface area contributed by atoms with Crippen LogP contribution in [0.5, 0.6) is 0 Å². The Morgan fingerprint density at radius 2 is 2.12 bits per heavy atom. The molecule has 1 aliphatic heterocycles. The molecular weight excluding hydrogens is 332 g/mol. The second-order valence-corrected chi connectivity index (χ2v) is 7.60. The van der Waals surface area contributed by atoms with E-state index in [9.17, 15) is 9.59 Å². The number of aryl methyl sites for hydroxylation is 3. The summed E-state index contributed by atoms with van der Waals surface area (Å²) in [4.78, 5) is 33.6. The van der Waals surface area contributed by atoms with Crippen LogP contribution >= 0.6 is 0 Å². The fraction of sp³-hybridized carbons (Fsp3) is 0.611. The van der Waals surface area contributed by atoms with Crippen LogP contribution in [0.4, 0.5) is 0 Å². The van der Waals surface area contributed by atoms with Crippen LogP contribution in [-0.4, -0.2) is 48.0 Å². The van der Waals surface area contributed by atoms with E-state index in [1.807, 2.05) is 13.1 Å². The number of rotatable bonds is 4. The third-order valence-electron chi connectivity index (χ3n) is 5.51. The molecule has 1 fully saturated rings. The lowest BCUT2D eigenvalue weighted by Crippen LogP contribution is -2.35. The van der Waals surface area contributed by atoms with Gasteiger partial charge in [0.15, 0.2) is 11.2 Å². The maximum Gasteiger partial charge on any atom is 0.329 e. The number of aromatic amines is 1. The minimum atomic E-state index is -0.439. The maximum absolute atomic E-state index is 12.3. The lowest BCUT2D eigenvalue weighted by molar-refractivity contribution is 0.180. The van der Waals surface area contributed by atoms with Gasteiger partial charge in [0.05, 0.1) is 0 Å². The minimum Gasteiger partial charge on any atom is -0.314 e. The average Bonchev–Trinajstić information content (AvgIpc) is 3.09. The zero-order chi connectivity index (χ0) is 18.4. The van der Waals surface area contributed by atoms with Gasteiger partial charge in [0.1, 0.15) is 0 Å². The van der Waals surface area contributed by atoms with Gasteiger partial charge in [-0.3, -0.25) is 18.7 Å². The summed E-state index contributed by atoms with van der Waals surface area (Å²) in [5.41, 5.74) is 1.08. The summed E-state index contributed by atoms with van der Waals surface area (Å²) in [6.07, 6.45) is 5.59. The molecule has 0 saturated carbocycles. The minimum absolute atomic E-state index is 0.393. The molecule has 0 amide bonds. The zero-order valence-corrected chi connectivity index (χ0v) is 15.7. The highest BCUT2D eigenvalue weighted by atomic mass is 16.2. The molecule has 26 heavy (non-hydrogen) atoms. The van der Waals surface area contributed by atoms with E-state index >= 15 is 0 Å². The highest BCUT2D eigenvalue weighted by molar-refractivity contribution is 5.75. The van der Waals surface area contributed by atoms with E-state index in [0.717, 1.165) is 36.9 Å². The van der Waals surface area contributed by atoms with Gasteiger partial charge in [-0.05, 0) is 45.2 Å². The molecule has 4 rings (SSSR count). The van der Waals surface area contributed by atoms with E-state index in [0.29, 0.717) is 11.2 Å². The molecular formula is C18H26N6O2. The number of likely N-dealkylation sites (tertiary alicyclic amines) is 1. The van der Waals surface area contributed by atoms with Crippen LogP contribution in [0.2, 0.25) is 0 Å². The molecule has 1 atom stereocenters. The van der Waals surface area contributed by atoms with Gasteiger partial charge in [0.2, 0.25) is 5.78 Å². The van der Waals surface area contributed by atoms with Crippen molar-refractivity contribution in [2.45, 2.75) is 39.7 Å². The second kappa shape index (κ2) is 6.42. The lowest BCUT2D eigenvalue weighted by atomic mass is 10.0. The molecule has 3 aromatic heterocycles. The monoisotopic (exact) mass is 358 g/mol. The van der Waals surface area contributed by atoms with Crippen molar-refractivity contribution in [1.29, 1.82) is 0 Å². The van der Waals surface area contributed by atoms with Gasteiger partial charge in [-0.2, -0.15) is 4.98 Å². The van der Waals surface area contributed by atoms with Crippen LogP contribution in [0, 0.1) is 12.8 Å². The molecule has 3 aromatic rings. The zero-order valence-electron chi connectivity index (χ0n) is 15.7. The van der Waals surface area contributed by atoms with Crippen molar-refractivity contribution < 1.29 is 0 Å². The Balaban J connectivity index is 1.63. The largest absolute Gasteiger partial charge is 0.329 e. The van der Waals surface area contributed by atoms with Crippen LogP contribution in [0.3, 0.4) is 0 Å². The number of aromatic nitrogens is 5. The Labute approximate surface area is 151 Å². The van der Waals surface area contributed by atoms with E-state index in [1.165, 1.54) is 30.5 Å². The van der Waals surface area contributed by atoms with Gasteiger partial charge >= 0.3 is 5.69 Å². The molecule has 0 radical (unpaired) electrons. The van der Waals surface area contributed by atoms with Crippen molar-refractivity contribution >= 4 is 16.9 Å². The highest BCUT2D eigenvalue weighted by Gasteiger charge is 2.18. The number of nitrogens with zero attached hydrogens (tertiary/aromatic N) is 5. The standard InChI is InChI=1S/C18H26N6O2/c1-12-6-4-7-22(10-12)8-5-9-23-13(2)11-24-14-15(19-17(23)24)21(3)18(26)20-16(14)25/h11-12H,4-10H2,1-3H3,(H,20,25,26)/t12-/m0/s1. The number of nitrogens with one attached hydrogen (secondary N) is 1. The number of hydrogen-bond acceptors (Lipinski definition) is 4. The molecule has 140 valence electrons. The van der Waals surface area contributed by atoms with E-state index in [2.05, 4.69) is 26.4 Å². The quantitative estimate of drug-likeness (QED) is 0.758. The van der Waals surface area contributed by atoms with E-state index in [4.69, 9.17) is 0 Å². The topological polar surface area (TPSA) is 80.3 Å². The predicted molar refractivity (Wildman–Crippen MR) is 101 cm³/mol. The molecule has 1 N–H and O–H groups in total. The molecule has 0 unspecified atom stereocenters. The molecule has 0 bridgehead atoms. The van der Waals surface area contributed by atoms with E-state index in [1.54, 1.807) is 11.4 Å². The lowest BCUT2D eigenvalue weighted by Gasteiger charge is -2.30. The van der Waals surface area contributed by atoms with Crippen molar-refractivity contribution in [3.8, 4) is 0 Å². The van der Waals surface area contributed by atoms with Gasteiger partial charge in [-0.15, -0.1) is 0 Å². The first-order valence-corrected chi connectivity index (χ1v) is 9.35. The maximum atomic E-state index is 12.3. The van der Waals surface area contributed by atoms with Crippen LogP contribution in [0.15, 0.2) is 15.8 Å². The Morgan fingerprint density at radius 3 is 2.88 bits per heavy atom. The van der Waals surface area contributed by atoms with Crippen LogP contribution < -0.4 is 11.2 Å². The summed E-state index contributed by atoms with van der Waals surface area (Å²) >= 11 is 0. The summed E-state index contributed by atoms with van der Waals surface area (Å²) < 4.78 is 5.32. The summed E-state index contributed by atoms with van der Waals surface area (Å²) in [6.45, 7) is 8.65. The summed E-state index contributed by atoms with van der Waals surface area (Å²) in [5.74, 6) is 1.51. The van der Waals surface area contributed by atoms with Crippen molar-refractivity contribution in [3.05, 3.63) is 32.7 Å². The Hall–Kier alpha value is -2.35. The van der Waals surface area contributed by atoms with Gasteiger partial charge in [0.25, 0.3) is 5.56 Å². The molecule has 8 heteroatoms. The Morgan fingerprint density at radius 1 is 1.31 bits per heavy atom. The van der Waals surface area contributed by atoms with Crippen molar-refractivity contribution in [2.75, 3.05) is 19.6 Å². The van der Waals surface area contributed by atoms with Crippen LogP contribution in [0.1, 0.15) is 31.9 Å². The first-order valence-electron chi connectivity index (χ1n) is 9.35. The molecule has 1 saturated heterocycles. The Bertz CT molecular complexity index is 1070. The molecule has 1 aliphatic rings. The molecule has 0 aliphatic carbocycles. The van der Waals surface area contributed by atoms with E-state index < -0.39 is 11.2 Å². The normalized spacial score (nSPS) is 19.0. The van der Waals surface area contributed by atoms with Gasteiger partial charge in [0, 0.05) is 32.0 Å². The summed E-state index contributed by atoms with van der Waals surface area (Å²) in [5, 5.41) is 0. The average molecular weight is 358 g/mol. The smallest absolute Gasteiger partial charge is 0.314 e. The predicted octanol–water partition coefficient (Wildman–Crippen LogP) is 1.11. The fourth-order valence-electron chi connectivity index (χ4n) is 4.14. The second-order valence-electron chi connectivity index (χ2n) is 7.60. The molecule has 8 nitrogen and oxygen atoms in total. The molecule has 0 spiro atoms. The van der Waals surface area contributed by atoms with Crippen molar-refractivity contribution in [1.82, 2.24) is 28.4 Å². The van der Waals surface area contributed by atoms with Gasteiger partial charge in [-0.25, -0.2) is 4.79 Å². The Kier molecular flexibility index (Phi) is 4.22. The number of fused-ring (bicyclic) bond motifs is 3. The summed E-state index contributed by atoms with van der Waals surface area (Å²) in [6, 6.07) is 0. The first kappa shape index (κ1) is 17.1. The number of H-pyrrole nitrogens is 1. The number of imidazole rings is 2. The van der Waals surface area contributed by atoms with Crippen molar-refractivity contribution in [2.24, 2.45) is 13.0 Å². The molecule has 4 heterocycles. The van der Waals surface area contributed by atoms with Crippen molar-refractivity contribution in [3.63, 3.8) is 0 Å². The SMILES string of the molecule is Cc1cn2c3c(=O)[nH]c(=O)n(C)c3nc2n1CCCN1CCC[C@H](C)C1. The third kappa shape index (κ3) is 2.78. The highest BCUT2D eigenvalue weighted by Crippen LogP contribution is 2.18.